The van der Waals surface area contributed by atoms with Crippen LogP contribution < -0.4 is 14.8 Å². The number of thiazole rings is 1. The maximum atomic E-state index is 12.7. The lowest BCUT2D eigenvalue weighted by atomic mass is 10.1. The van der Waals surface area contributed by atoms with Gasteiger partial charge in [0, 0.05) is 17.0 Å². The second-order valence-corrected chi connectivity index (χ2v) is 8.94. The van der Waals surface area contributed by atoms with E-state index in [9.17, 15) is 4.79 Å². The van der Waals surface area contributed by atoms with Crippen LogP contribution in [0.4, 0.5) is 10.1 Å². The van der Waals surface area contributed by atoms with Gasteiger partial charge < -0.3 is 19.5 Å². The summed E-state index contributed by atoms with van der Waals surface area (Å²) < 4.78 is 17.3. The highest BCUT2D eigenvalue weighted by Crippen LogP contribution is 2.42. The lowest BCUT2D eigenvalue weighted by Crippen LogP contribution is -2.09. The first-order valence-corrected chi connectivity index (χ1v) is 11.1. The number of aryl methyl sites for hydroxylation is 1. The van der Waals surface area contributed by atoms with Crippen molar-refractivity contribution in [2.24, 2.45) is 0 Å². The normalized spacial score (nSPS) is 15.3. The van der Waals surface area contributed by atoms with Crippen molar-refractivity contribution in [1.29, 1.82) is 0 Å². The Bertz CT molecular complexity index is 1020. The average molecular weight is 417 g/mol. The van der Waals surface area contributed by atoms with Crippen molar-refractivity contribution in [2.45, 2.75) is 39.0 Å². The minimum absolute atomic E-state index is 0.244. The van der Waals surface area contributed by atoms with Gasteiger partial charge in [-0.15, -0.1) is 11.3 Å². The molecule has 0 unspecified atom stereocenters. The molecule has 2 aliphatic rings. The van der Waals surface area contributed by atoms with E-state index in [2.05, 4.69) is 10.3 Å². The van der Waals surface area contributed by atoms with Crippen LogP contribution in [0.5, 0.6) is 11.5 Å². The Kier molecular flexibility index (Phi) is 4.60. The maximum Gasteiger partial charge on any atom is 0.341 e. The van der Waals surface area contributed by atoms with E-state index in [1.54, 1.807) is 11.3 Å². The number of carbonyl (C=O) groups excluding carboxylic acids is 1. The third-order valence-corrected chi connectivity index (χ3v) is 7.14. The molecule has 2 aromatic heterocycles. The lowest BCUT2D eigenvalue weighted by molar-refractivity contribution is 0.0527. The van der Waals surface area contributed by atoms with Crippen molar-refractivity contribution < 1.29 is 19.0 Å². The number of anilines is 2. The van der Waals surface area contributed by atoms with Gasteiger partial charge in [0.15, 0.2) is 16.6 Å². The number of nitrogens with zero attached hydrogens (tertiary/aromatic N) is 1. The van der Waals surface area contributed by atoms with E-state index in [0.29, 0.717) is 12.2 Å². The van der Waals surface area contributed by atoms with Gasteiger partial charge in [-0.25, -0.2) is 9.78 Å². The van der Waals surface area contributed by atoms with Gasteiger partial charge in [-0.3, -0.25) is 0 Å². The summed E-state index contributed by atoms with van der Waals surface area (Å²) in [7, 11) is 0. The van der Waals surface area contributed by atoms with Gasteiger partial charge in [-0.1, -0.05) is 17.8 Å². The van der Waals surface area contributed by atoms with E-state index in [-0.39, 0.29) is 12.8 Å². The summed E-state index contributed by atoms with van der Waals surface area (Å²) in [5.41, 5.74) is 2.70. The molecule has 0 saturated heterocycles. The van der Waals surface area contributed by atoms with Crippen LogP contribution in [0.2, 0.25) is 0 Å². The largest absolute Gasteiger partial charge is 0.462 e. The predicted molar refractivity (Wildman–Crippen MR) is 111 cm³/mol. The number of nitrogens with one attached hydrogen (secondary N) is 1. The number of aromatic nitrogens is 1. The molecular weight excluding hydrogens is 396 g/mol. The summed E-state index contributed by atoms with van der Waals surface area (Å²) in [4.78, 5) is 18.7. The summed E-state index contributed by atoms with van der Waals surface area (Å²) in [5.74, 6) is 1.23. The van der Waals surface area contributed by atoms with Gasteiger partial charge in [0.05, 0.1) is 22.4 Å². The molecule has 146 valence electrons. The number of esters is 1. The lowest BCUT2D eigenvalue weighted by Gasteiger charge is -2.07. The van der Waals surface area contributed by atoms with E-state index in [1.807, 2.05) is 19.1 Å². The monoisotopic (exact) mass is 416 g/mol. The van der Waals surface area contributed by atoms with E-state index in [0.717, 1.165) is 56.7 Å². The smallest absolute Gasteiger partial charge is 0.341 e. The topological polar surface area (TPSA) is 69.7 Å². The predicted octanol–water partition coefficient (Wildman–Crippen LogP) is 5.28. The van der Waals surface area contributed by atoms with Gasteiger partial charge in [-0.2, -0.15) is 0 Å². The molecule has 0 spiro atoms. The molecule has 1 aliphatic heterocycles. The third-order valence-electron chi connectivity index (χ3n) is 5.00. The van der Waals surface area contributed by atoms with Crippen LogP contribution in [-0.4, -0.2) is 24.4 Å². The Morgan fingerprint density at radius 2 is 2.00 bits per heavy atom. The third kappa shape index (κ3) is 3.10. The van der Waals surface area contributed by atoms with Gasteiger partial charge in [-0.05, 0) is 38.2 Å². The summed E-state index contributed by atoms with van der Waals surface area (Å²) in [6.07, 6.45) is 5.45. The van der Waals surface area contributed by atoms with Gasteiger partial charge in [0.2, 0.25) is 6.79 Å². The minimum Gasteiger partial charge on any atom is -0.462 e. The summed E-state index contributed by atoms with van der Waals surface area (Å²) in [5, 5.41) is 4.99. The molecule has 6 nitrogen and oxygen atoms in total. The van der Waals surface area contributed by atoms with Crippen LogP contribution in [0.1, 0.15) is 47.0 Å². The Morgan fingerprint density at radius 3 is 2.86 bits per heavy atom. The molecule has 0 fully saturated rings. The molecule has 28 heavy (non-hydrogen) atoms. The molecule has 3 aromatic rings. The highest BCUT2D eigenvalue weighted by molar-refractivity contribution is 7.23. The highest BCUT2D eigenvalue weighted by Gasteiger charge is 2.26. The maximum absolute atomic E-state index is 12.7. The van der Waals surface area contributed by atoms with Gasteiger partial charge in [0.1, 0.15) is 5.00 Å². The van der Waals surface area contributed by atoms with Gasteiger partial charge in [0.25, 0.3) is 0 Å². The van der Waals surface area contributed by atoms with Crippen molar-refractivity contribution in [3.05, 3.63) is 28.1 Å². The van der Waals surface area contributed by atoms with Crippen molar-refractivity contribution in [3.63, 3.8) is 0 Å². The SMILES string of the molecule is CCOC(=O)c1c(Nc2nc3cc4c(cc3s2)OCO4)sc2c1CCCCC2. The Labute approximate surface area is 170 Å². The first kappa shape index (κ1) is 17.8. The van der Waals surface area contributed by atoms with Crippen molar-refractivity contribution in [2.75, 3.05) is 18.7 Å². The molecule has 0 atom stereocenters. The van der Waals surface area contributed by atoms with Crippen LogP contribution >= 0.6 is 22.7 Å². The number of thiophene rings is 1. The number of rotatable bonds is 4. The number of ether oxygens (including phenoxy) is 3. The number of hydrogen-bond acceptors (Lipinski definition) is 8. The highest BCUT2D eigenvalue weighted by atomic mass is 32.1. The van der Waals surface area contributed by atoms with E-state index in [4.69, 9.17) is 14.2 Å². The molecule has 5 rings (SSSR count). The van der Waals surface area contributed by atoms with Crippen LogP contribution in [0.15, 0.2) is 12.1 Å². The van der Waals surface area contributed by atoms with Crippen molar-refractivity contribution in [3.8, 4) is 11.5 Å². The van der Waals surface area contributed by atoms with Crippen LogP contribution in [0.3, 0.4) is 0 Å². The molecule has 1 aliphatic carbocycles. The second-order valence-electron chi connectivity index (χ2n) is 6.81. The Hall–Kier alpha value is -2.32. The molecule has 0 radical (unpaired) electrons. The molecule has 1 aromatic carbocycles. The summed E-state index contributed by atoms with van der Waals surface area (Å²) >= 11 is 3.20. The molecule has 1 N–H and O–H groups in total. The summed E-state index contributed by atoms with van der Waals surface area (Å²) in [6, 6.07) is 3.85. The van der Waals surface area contributed by atoms with Crippen molar-refractivity contribution >= 4 is 49.0 Å². The first-order valence-electron chi connectivity index (χ1n) is 9.52. The molecule has 8 heteroatoms. The van der Waals surface area contributed by atoms with E-state index in [1.165, 1.54) is 29.1 Å². The zero-order chi connectivity index (χ0) is 19.1. The van der Waals surface area contributed by atoms with Crippen LogP contribution in [-0.2, 0) is 17.6 Å². The number of fused-ring (bicyclic) bond motifs is 3. The number of benzene rings is 1. The van der Waals surface area contributed by atoms with Crippen LogP contribution in [0, 0.1) is 0 Å². The number of hydrogen-bond donors (Lipinski definition) is 1. The fourth-order valence-electron chi connectivity index (χ4n) is 3.72. The molecule has 0 bridgehead atoms. The van der Waals surface area contributed by atoms with E-state index >= 15 is 0 Å². The Morgan fingerprint density at radius 1 is 1.18 bits per heavy atom. The zero-order valence-electron chi connectivity index (χ0n) is 15.5. The number of carbonyl (C=O) groups is 1. The van der Waals surface area contributed by atoms with Gasteiger partial charge >= 0.3 is 5.97 Å². The average Bonchev–Trinajstić information content (AvgIpc) is 3.32. The molecule has 0 amide bonds. The second kappa shape index (κ2) is 7.25. The van der Waals surface area contributed by atoms with Crippen LogP contribution in [0.25, 0.3) is 10.2 Å². The minimum atomic E-state index is -0.244. The fraction of sp³-hybridized carbons (Fsp3) is 0.400. The van der Waals surface area contributed by atoms with Crippen molar-refractivity contribution in [1.82, 2.24) is 4.98 Å². The zero-order valence-corrected chi connectivity index (χ0v) is 17.1. The molecule has 3 heterocycles. The Balaban J connectivity index is 1.52. The molecular formula is C20H20N2O4S2. The first-order chi connectivity index (χ1) is 13.7. The fourth-order valence-corrected chi connectivity index (χ4v) is 5.94. The quantitative estimate of drug-likeness (QED) is 0.461. The van der Waals surface area contributed by atoms with E-state index < -0.39 is 0 Å². The molecule has 0 saturated carbocycles. The standard InChI is InChI=1S/C20H20N2O4S2/c1-2-24-19(23)17-11-6-4-3-5-7-15(11)27-18(17)22-20-21-12-8-13-14(26-10-25-13)9-16(12)28-20/h8-9H,2-7,10H2,1H3,(H,21,22). The summed E-state index contributed by atoms with van der Waals surface area (Å²) in [6.45, 7) is 2.46.